The number of hydrogen-bond donors (Lipinski definition) is 0. The summed E-state index contributed by atoms with van der Waals surface area (Å²) < 4.78 is 2.17. The number of benzene rings is 2. The molecule has 3 heterocycles. The van der Waals surface area contributed by atoms with Gasteiger partial charge in [-0.2, -0.15) is 0 Å². The van der Waals surface area contributed by atoms with E-state index in [1.165, 1.54) is 16.7 Å². The standard InChI is InChI=1S/C22H17N3/c1-14-7-5-8-15(2)20(14)18-13-25-19-11-6-12-23-21(19)16-9-3-4-10-17(16)22(25)24-18/h3-13H,1-2H3. The number of aromatic nitrogens is 3. The predicted octanol–water partition coefficient (Wildman–Crippen LogP) is 5.32. The Hall–Kier alpha value is -3.20. The van der Waals surface area contributed by atoms with Crippen molar-refractivity contribution in [2.24, 2.45) is 0 Å². The van der Waals surface area contributed by atoms with Crippen LogP contribution in [0.4, 0.5) is 0 Å². The Balaban J connectivity index is 1.98. The van der Waals surface area contributed by atoms with Crippen LogP contribution in [0, 0.1) is 13.8 Å². The van der Waals surface area contributed by atoms with Crippen molar-refractivity contribution in [1.29, 1.82) is 0 Å². The van der Waals surface area contributed by atoms with Crippen molar-refractivity contribution >= 4 is 27.5 Å². The van der Waals surface area contributed by atoms with E-state index >= 15 is 0 Å². The zero-order valence-electron chi connectivity index (χ0n) is 14.2. The average molecular weight is 323 g/mol. The van der Waals surface area contributed by atoms with Crippen LogP contribution in [0.2, 0.25) is 0 Å². The van der Waals surface area contributed by atoms with E-state index in [0.29, 0.717) is 0 Å². The molecule has 25 heavy (non-hydrogen) atoms. The first-order valence-electron chi connectivity index (χ1n) is 8.45. The van der Waals surface area contributed by atoms with E-state index in [4.69, 9.17) is 4.98 Å². The smallest absolute Gasteiger partial charge is 0.145 e. The lowest BCUT2D eigenvalue weighted by Crippen LogP contribution is -1.91. The Bertz CT molecular complexity index is 1170. The Morgan fingerprint density at radius 3 is 2.36 bits per heavy atom. The lowest BCUT2D eigenvalue weighted by molar-refractivity contribution is 1.25. The quantitative estimate of drug-likeness (QED) is 0.391. The topological polar surface area (TPSA) is 30.2 Å². The molecular weight excluding hydrogens is 306 g/mol. The highest BCUT2D eigenvalue weighted by Crippen LogP contribution is 2.32. The van der Waals surface area contributed by atoms with Gasteiger partial charge in [0.05, 0.1) is 16.7 Å². The SMILES string of the molecule is Cc1cccc(C)c1-c1cn2c3cccnc3c3ccccc3c2n1. The first-order valence-corrected chi connectivity index (χ1v) is 8.45. The van der Waals surface area contributed by atoms with Gasteiger partial charge in [-0.15, -0.1) is 0 Å². The Kier molecular flexibility index (Phi) is 2.92. The summed E-state index contributed by atoms with van der Waals surface area (Å²) in [6, 6.07) is 18.8. The van der Waals surface area contributed by atoms with Crippen molar-refractivity contribution in [2.45, 2.75) is 13.8 Å². The molecule has 0 amide bonds. The fraction of sp³-hybridized carbons (Fsp3) is 0.0909. The molecule has 3 aromatic heterocycles. The maximum Gasteiger partial charge on any atom is 0.145 e. The van der Waals surface area contributed by atoms with Crippen molar-refractivity contribution in [2.75, 3.05) is 0 Å². The first kappa shape index (κ1) is 14.2. The molecule has 3 heteroatoms. The average Bonchev–Trinajstić information content (AvgIpc) is 3.07. The highest BCUT2D eigenvalue weighted by Gasteiger charge is 2.14. The molecule has 0 unspecified atom stereocenters. The van der Waals surface area contributed by atoms with Crippen molar-refractivity contribution < 1.29 is 0 Å². The van der Waals surface area contributed by atoms with E-state index in [9.17, 15) is 0 Å². The molecule has 0 aliphatic rings. The van der Waals surface area contributed by atoms with E-state index in [1.807, 2.05) is 12.3 Å². The van der Waals surface area contributed by atoms with Gasteiger partial charge in [0.2, 0.25) is 0 Å². The largest absolute Gasteiger partial charge is 0.297 e. The number of fused-ring (bicyclic) bond motifs is 6. The molecule has 0 bridgehead atoms. The Labute approximate surface area is 145 Å². The van der Waals surface area contributed by atoms with Gasteiger partial charge in [-0.25, -0.2) is 4.98 Å². The van der Waals surface area contributed by atoms with Crippen LogP contribution in [0.3, 0.4) is 0 Å². The van der Waals surface area contributed by atoms with Crippen molar-refractivity contribution in [3.8, 4) is 11.3 Å². The highest BCUT2D eigenvalue weighted by atomic mass is 15.0. The third kappa shape index (κ3) is 1.99. The summed E-state index contributed by atoms with van der Waals surface area (Å²) in [5.41, 5.74) is 7.79. The summed E-state index contributed by atoms with van der Waals surface area (Å²) in [4.78, 5) is 9.65. The molecule has 0 saturated carbocycles. The lowest BCUT2D eigenvalue weighted by Gasteiger charge is -2.06. The molecular formula is C22H17N3. The van der Waals surface area contributed by atoms with Gasteiger partial charge in [0.15, 0.2) is 0 Å². The molecule has 5 aromatic rings. The molecule has 5 rings (SSSR count). The van der Waals surface area contributed by atoms with Crippen LogP contribution >= 0.6 is 0 Å². The Morgan fingerprint density at radius 1 is 0.800 bits per heavy atom. The first-order chi connectivity index (χ1) is 12.2. The second-order valence-corrected chi connectivity index (χ2v) is 6.50. The minimum absolute atomic E-state index is 0.980. The molecule has 0 saturated heterocycles. The van der Waals surface area contributed by atoms with Gasteiger partial charge in [-0.1, -0.05) is 42.5 Å². The second kappa shape index (κ2) is 5.15. The van der Waals surface area contributed by atoms with Gasteiger partial charge >= 0.3 is 0 Å². The number of pyridine rings is 2. The molecule has 0 aliphatic carbocycles. The third-order valence-corrected chi connectivity index (χ3v) is 4.91. The molecule has 0 spiro atoms. The van der Waals surface area contributed by atoms with Crippen LogP contribution in [0.25, 0.3) is 38.7 Å². The number of aryl methyl sites for hydroxylation is 2. The van der Waals surface area contributed by atoms with Crippen LogP contribution in [0.15, 0.2) is 67.0 Å². The van der Waals surface area contributed by atoms with E-state index < -0.39 is 0 Å². The highest BCUT2D eigenvalue weighted by molar-refractivity contribution is 6.10. The zero-order chi connectivity index (χ0) is 17.0. The van der Waals surface area contributed by atoms with E-state index in [-0.39, 0.29) is 0 Å². The van der Waals surface area contributed by atoms with Gasteiger partial charge in [0.25, 0.3) is 0 Å². The van der Waals surface area contributed by atoms with Crippen LogP contribution < -0.4 is 0 Å². The number of imidazole rings is 1. The fourth-order valence-electron chi connectivity index (χ4n) is 3.78. The van der Waals surface area contributed by atoms with E-state index in [0.717, 1.165) is 33.1 Å². The fourth-order valence-corrected chi connectivity index (χ4v) is 3.78. The molecule has 0 radical (unpaired) electrons. The molecule has 0 atom stereocenters. The maximum absolute atomic E-state index is 5.02. The molecule has 2 aromatic carbocycles. The van der Waals surface area contributed by atoms with Crippen molar-refractivity contribution in [3.05, 3.63) is 78.1 Å². The number of rotatable bonds is 1. The monoisotopic (exact) mass is 323 g/mol. The van der Waals surface area contributed by atoms with Gasteiger partial charge in [0.1, 0.15) is 5.65 Å². The van der Waals surface area contributed by atoms with Crippen molar-refractivity contribution in [1.82, 2.24) is 14.4 Å². The third-order valence-electron chi connectivity index (χ3n) is 4.91. The minimum Gasteiger partial charge on any atom is -0.297 e. The number of hydrogen-bond acceptors (Lipinski definition) is 2. The summed E-state index contributed by atoms with van der Waals surface area (Å²) in [7, 11) is 0. The molecule has 0 N–H and O–H groups in total. The van der Waals surface area contributed by atoms with Gasteiger partial charge < -0.3 is 0 Å². The van der Waals surface area contributed by atoms with Crippen LogP contribution in [0.5, 0.6) is 0 Å². The van der Waals surface area contributed by atoms with Gasteiger partial charge in [-0.05, 0) is 37.1 Å². The summed E-state index contributed by atoms with van der Waals surface area (Å²) in [6.45, 7) is 4.29. The van der Waals surface area contributed by atoms with Gasteiger partial charge in [0, 0.05) is 28.7 Å². The summed E-state index contributed by atoms with van der Waals surface area (Å²) in [5, 5.41) is 2.27. The molecule has 120 valence electrons. The molecule has 0 fully saturated rings. The normalized spacial score (nSPS) is 11.6. The second-order valence-electron chi connectivity index (χ2n) is 6.50. The van der Waals surface area contributed by atoms with E-state index in [2.05, 4.69) is 78.0 Å². The van der Waals surface area contributed by atoms with Crippen LogP contribution in [0.1, 0.15) is 11.1 Å². The molecule has 0 aliphatic heterocycles. The zero-order valence-corrected chi connectivity index (χ0v) is 14.2. The Morgan fingerprint density at radius 2 is 1.56 bits per heavy atom. The predicted molar refractivity (Wildman–Crippen MR) is 103 cm³/mol. The minimum atomic E-state index is 0.980. The number of nitrogens with zero attached hydrogens (tertiary/aromatic N) is 3. The summed E-state index contributed by atoms with van der Waals surface area (Å²) in [6.07, 6.45) is 3.99. The van der Waals surface area contributed by atoms with Gasteiger partial charge in [-0.3, -0.25) is 9.38 Å². The molecule has 3 nitrogen and oxygen atoms in total. The van der Waals surface area contributed by atoms with E-state index in [1.54, 1.807) is 0 Å². The van der Waals surface area contributed by atoms with Crippen molar-refractivity contribution in [3.63, 3.8) is 0 Å². The van der Waals surface area contributed by atoms with Crippen LogP contribution in [-0.4, -0.2) is 14.4 Å². The lowest BCUT2D eigenvalue weighted by atomic mass is 10.0. The maximum atomic E-state index is 5.02. The van der Waals surface area contributed by atoms with Crippen LogP contribution in [-0.2, 0) is 0 Å². The summed E-state index contributed by atoms with van der Waals surface area (Å²) in [5.74, 6) is 0. The summed E-state index contributed by atoms with van der Waals surface area (Å²) >= 11 is 0.